The first kappa shape index (κ1) is 4.97. The third-order valence-corrected chi connectivity index (χ3v) is 0.898. The second kappa shape index (κ2) is 2.21. The third-order valence-electron chi connectivity index (χ3n) is 0.898. The van der Waals surface area contributed by atoms with Crippen molar-refractivity contribution in [3.05, 3.63) is 30.2 Å². The van der Waals surface area contributed by atoms with Crippen molar-refractivity contribution in [3.63, 3.8) is 0 Å². The largest absolute Gasteiger partial charge is 0.405 e. The standard InChI is InChI=1S/C6H8N2/c7-4-3-6-2-1-5-8-6/h1-5,8H,7H2/b4-3+. The summed E-state index contributed by atoms with van der Waals surface area (Å²) in [5.74, 6) is 0. The Morgan fingerprint density at radius 3 is 3.00 bits per heavy atom. The molecule has 0 aromatic carbocycles. The van der Waals surface area contributed by atoms with E-state index in [0.717, 1.165) is 5.69 Å². The normalized spacial score (nSPS) is 10.5. The van der Waals surface area contributed by atoms with Gasteiger partial charge in [-0.05, 0) is 24.4 Å². The highest BCUT2D eigenvalue weighted by Gasteiger charge is 1.78. The molecule has 0 saturated carbocycles. The molecule has 8 heavy (non-hydrogen) atoms. The zero-order chi connectivity index (χ0) is 5.82. The van der Waals surface area contributed by atoms with Crippen molar-refractivity contribution in [2.45, 2.75) is 0 Å². The fourth-order valence-corrected chi connectivity index (χ4v) is 0.552. The minimum absolute atomic E-state index is 1.03. The summed E-state index contributed by atoms with van der Waals surface area (Å²) in [7, 11) is 0. The van der Waals surface area contributed by atoms with Gasteiger partial charge in [0.25, 0.3) is 0 Å². The maximum atomic E-state index is 5.12. The molecule has 3 N–H and O–H groups in total. The number of nitrogens with one attached hydrogen (secondary N) is 1. The topological polar surface area (TPSA) is 41.8 Å². The Morgan fingerprint density at radius 1 is 1.62 bits per heavy atom. The van der Waals surface area contributed by atoms with Crippen LogP contribution in [0.4, 0.5) is 0 Å². The van der Waals surface area contributed by atoms with E-state index in [1.165, 1.54) is 6.20 Å². The highest BCUT2D eigenvalue weighted by molar-refractivity contribution is 5.43. The summed E-state index contributed by atoms with van der Waals surface area (Å²) in [6.45, 7) is 0. The van der Waals surface area contributed by atoms with E-state index in [0.29, 0.717) is 0 Å². The number of hydrogen-bond donors (Lipinski definition) is 2. The summed E-state index contributed by atoms with van der Waals surface area (Å²) in [5.41, 5.74) is 6.15. The van der Waals surface area contributed by atoms with Gasteiger partial charge in [0.05, 0.1) is 0 Å². The van der Waals surface area contributed by atoms with Gasteiger partial charge in [-0.2, -0.15) is 0 Å². The highest BCUT2D eigenvalue weighted by Crippen LogP contribution is 1.94. The Balaban J connectivity index is 2.77. The monoisotopic (exact) mass is 108 g/mol. The molecule has 0 atom stereocenters. The molecule has 0 aliphatic heterocycles. The van der Waals surface area contributed by atoms with Crippen molar-refractivity contribution in [3.8, 4) is 0 Å². The SMILES string of the molecule is N/C=C/c1ccc[nH]1. The Morgan fingerprint density at radius 2 is 2.50 bits per heavy atom. The van der Waals surface area contributed by atoms with E-state index < -0.39 is 0 Å². The van der Waals surface area contributed by atoms with Gasteiger partial charge in [-0.3, -0.25) is 0 Å². The zero-order valence-electron chi connectivity index (χ0n) is 4.46. The molecule has 0 radical (unpaired) electrons. The van der Waals surface area contributed by atoms with E-state index in [9.17, 15) is 0 Å². The Bertz CT molecular complexity index is 163. The van der Waals surface area contributed by atoms with Gasteiger partial charge < -0.3 is 10.7 Å². The van der Waals surface area contributed by atoms with Gasteiger partial charge in [0.1, 0.15) is 0 Å². The fraction of sp³-hybridized carbons (Fsp3) is 0. The minimum Gasteiger partial charge on any atom is -0.405 e. The molecule has 1 aromatic heterocycles. The van der Waals surface area contributed by atoms with E-state index >= 15 is 0 Å². The summed E-state index contributed by atoms with van der Waals surface area (Å²) >= 11 is 0. The lowest BCUT2D eigenvalue weighted by atomic mass is 10.4. The van der Waals surface area contributed by atoms with Crippen LogP contribution in [0.1, 0.15) is 5.69 Å². The summed E-state index contributed by atoms with van der Waals surface area (Å²) in [4.78, 5) is 2.97. The number of hydrogen-bond acceptors (Lipinski definition) is 1. The molecule has 2 nitrogen and oxygen atoms in total. The van der Waals surface area contributed by atoms with Crippen LogP contribution < -0.4 is 5.73 Å². The van der Waals surface area contributed by atoms with Crippen molar-refractivity contribution in [2.24, 2.45) is 5.73 Å². The summed E-state index contributed by atoms with van der Waals surface area (Å²) in [5, 5.41) is 0. The number of aromatic amines is 1. The van der Waals surface area contributed by atoms with E-state index in [1.807, 2.05) is 18.3 Å². The van der Waals surface area contributed by atoms with E-state index in [2.05, 4.69) is 4.98 Å². The first-order valence-corrected chi connectivity index (χ1v) is 2.45. The number of rotatable bonds is 1. The average Bonchev–Trinajstić information content (AvgIpc) is 2.19. The molecular weight excluding hydrogens is 100 g/mol. The molecule has 0 aliphatic carbocycles. The Kier molecular flexibility index (Phi) is 1.37. The number of aromatic nitrogens is 1. The first-order chi connectivity index (χ1) is 3.93. The lowest BCUT2D eigenvalue weighted by Crippen LogP contribution is -1.75. The van der Waals surface area contributed by atoms with Crippen molar-refractivity contribution in [1.82, 2.24) is 4.98 Å². The van der Waals surface area contributed by atoms with Crippen LogP contribution in [-0.4, -0.2) is 4.98 Å². The minimum atomic E-state index is 1.03. The van der Waals surface area contributed by atoms with E-state index in [4.69, 9.17) is 5.73 Å². The van der Waals surface area contributed by atoms with Crippen LogP contribution in [0.15, 0.2) is 24.5 Å². The summed E-state index contributed by atoms with van der Waals surface area (Å²) < 4.78 is 0. The molecule has 1 aromatic rings. The molecule has 0 unspecified atom stereocenters. The van der Waals surface area contributed by atoms with Gasteiger partial charge in [0, 0.05) is 11.9 Å². The third kappa shape index (κ3) is 0.904. The van der Waals surface area contributed by atoms with Crippen molar-refractivity contribution < 1.29 is 0 Å². The molecular formula is C6H8N2. The van der Waals surface area contributed by atoms with Gasteiger partial charge in [0.2, 0.25) is 0 Å². The van der Waals surface area contributed by atoms with E-state index in [-0.39, 0.29) is 0 Å². The predicted octanol–water partition coefficient (Wildman–Crippen LogP) is 0.944. The molecule has 42 valence electrons. The van der Waals surface area contributed by atoms with Gasteiger partial charge in [-0.1, -0.05) is 0 Å². The van der Waals surface area contributed by atoms with Crippen LogP contribution in [0.25, 0.3) is 6.08 Å². The maximum absolute atomic E-state index is 5.12. The predicted molar refractivity (Wildman–Crippen MR) is 34.0 cm³/mol. The molecule has 2 heteroatoms. The van der Waals surface area contributed by atoms with Gasteiger partial charge >= 0.3 is 0 Å². The summed E-state index contributed by atoms with van der Waals surface area (Å²) in [6, 6.07) is 3.87. The van der Waals surface area contributed by atoms with Crippen LogP contribution >= 0.6 is 0 Å². The Labute approximate surface area is 48.0 Å². The fourth-order valence-electron chi connectivity index (χ4n) is 0.552. The molecule has 1 rings (SSSR count). The number of H-pyrrole nitrogens is 1. The van der Waals surface area contributed by atoms with Crippen LogP contribution in [0.2, 0.25) is 0 Å². The molecule has 0 amide bonds. The molecule has 0 spiro atoms. The Hall–Kier alpha value is -1.18. The maximum Gasteiger partial charge on any atom is 0.0394 e. The lowest BCUT2D eigenvalue weighted by molar-refractivity contribution is 1.37. The highest BCUT2D eigenvalue weighted by atomic mass is 14.7. The smallest absolute Gasteiger partial charge is 0.0394 e. The van der Waals surface area contributed by atoms with Gasteiger partial charge in [-0.15, -0.1) is 0 Å². The van der Waals surface area contributed by atoms with Crippen LogP contribution in [0.5, 0.6) is 0 Å². The molecule has 0 bridgehead atoms. The molecule has 1 heterocycles. The first-order valence-electron chi connectivity index (χ1n) is 2.45. The van der Waals surface area contributed by atoms with Crippen molar-refractivity contribution >= 4 is 6.08 Å². The van der Waals surface area contributed by atoms with E-state index in [1.54, 1.807) is 6.08 Å². The van der Waals surface area contributed by atoms with Crippen LogP contribution in [0, 0.1) is 0 Å². The van der Waals surface area contributed by atoms with Crippen LogP contribution in [-0.2, 0) is 0 Å². The second-order valence-electron chi connectivity index (χ2n) is 1.48. The molecule has 0 fully saturated rings. The van der Waals surface area contributed by atoms with Gasteiger partial charge in [0.15, 0.2) is 0 Å². The quantitative estimate of drug-likeness (QED) is 0.552. The second-order valence-corrected chi connectivity index (χ2v) is 1.48. The van der Waals surface area contributed by atoms with Crippen LogP contribution in [0.3, 0.4) is 0 Å². The summed E-state index contributed by atoms with van der Waals surface area (Å²) in [6.07, 6.45) is 5.17. The van der Waals surface area contributed by atoms with Gasteiger partial charge in [-0.25, -0.2) is 0 Å². The lowest BCUT2D eigenvalue weighted by Gasteiger charge is -1.78. The van der Waals surface area contributed by atoms with Crippen molar-refractivity contribution in [2.75, 3.05) is 0 Å². The van der Waals surface area contributed by atoms with Crippen molar-refractivity contribution in [1.29, 1.82) is 0 Å². The zero-order valence-corrected chi connectivity index (χ0v) is 4.46. The average molecular weight is 108 g/mol. The molecule has 0 aliphatic rings. The molecule has 0 saturated heterocycles. The number of nitrogens with two attached hydrogens (primary N) is 1.